The first kappa shape index (κ1) is 15.2. The molecule has 1 rings (SSSR count). The maximum absolute atomic E-state index is 11.8. The van der Waals surface area contributed by atoms with Gasteiger partial charge in [0.05, 0.1) is 5.69 Å². The third-order valence-corrected chi connectivity index (χ3v) is 2.99. The Labute approximate surface area is 112 Å². The Morgan fingerprint density at radius 3 is 2.79 bits per heavy atom. The van der Waals surface area contributed by atoms with E-state index in [-0.39, 0.29) is 24.2 Å². The van der Waals surface area contributed by atoms with E-state index in [4.69, 9.17) is 5.11 Å². The number of anilines is 1. The number of aliphatic hydroxyl groups is 1. The average Bonchev–Trinajstić information content (AvgIpc) is 2.35. The lowest BCUT2D eigenvalue weighted by molar-refractivity contribution is 0.237. The quantitative estimate of drug-likeness (QED) is 0.743. The molecular formula is C13H21N3O3. The van der Waals surface area contributed by atoms with Gasteiger partial charge >= 0.3 is 6.03 Å². The zero-order chi connectivity index (χ0) is 14.4. The molecular weight excluding hydrogens is 246 g/mol. The highest BCUT2D eigenvalue weighted by atomic mass is 16.3. The lowest BCUT2D eigenvalue weighted by atomic mass is 10.1. The molecule has 2 amide bonds. The van der Waals surface area contributed by atoms with Gasteiger partial charge in [-0.1, -0.05) is 6.92 Å². The largest absolute Gasteiger partial charge is 0.396 e. The van der Waals surface area contributed by atoms with Crippen LogP contribution in [0, 0.1) is 6.92 Å². The maximum atomic E-state index is 11.8. The van der Waals surface area contributed by atoms with Gasteiger partial charge in [-0.3, -0.25) is 4.79 Å². The van der Waals surface area contributed by atoms with Crippen molar-refractivity contribution in [3.63, 3.8) is 0 Å². The monoisotopic (exact) mass is 267 g/mol. The number of nitrogens with one attached hydrogen (secondary N) is 2. The van der Waals surface area contributed by atoms with Crippen LogP contribution in [0.3, 0.4) is 0 Å². The van der Waals surface area contributed by atoms with Gasteiger partial charge in [0.1, 0.15) is 0 Å². The number of pyridine rings is 1. The average molecular weight is 267 g/mol. The minimum absolute atomic E-state index is 0.0393. The molecule has 0 aliphatic carbocycles. The normalized spacial score (nSPS) is 12.0. The summed E-state index contributed by atoms with van der Waals surface area (Å²) in [6, 6.07) is 1.08. The zero-order valence-corrected chi connectivity index (χ0v) is 11.6. The van der Waals surface area contributed by atoms with Crippen molar-refractivity contribution in [1.82, 2.24) is 9.88 Å². The van der Waals surface area contributed by atoms with Gasteiger partial charge in [0.15, 0.2) is 0 Å². The van der Waals surface area contributed by atoms with E-state index in [2.05, 4.69) is 10.6 Å². The molecule has 0 aliphatic heterocycles. The number of urea groups is 1. The topological polar surface area (TPSA) is 83.4 Å². The van der Waals surface area contributed by atoms with E-state index < -0.39 is 0 Å². The second kappa shape index (κ2) is 6.94. The van der Waals surface area contributed by atoms with Crippen LogP contribution in [0.25, 0.3) is 0 Å². The first-order valence-electron chi connectivity index (χ1n) is 6.33. The molecule has 19 heavy (non-hydrogen) atoms. The van der Waals surface area contributed by atoms with Crippen LogP contribution in [0.1, 0.15) is 25.3 Å². The molecule has 0 spiro atoms. The van der Waals surface area contributed by atoms with E-state index >= 15 is 0 Å². The number of aliphatic hydroxyl groups excluding tert-OH is 1. The number of hydrogen-bond acceptors (Lipinski definition) is 3. The number of rotatable bonds is 5. The highest BCUT2D eigenvalue weighted by molar-refractivity contribution is 5.90. The molecule has 0 saturated carbocycles. The summed E-state index contributed by atoms with van der Waals surface area (Å²) in [4.78, 5) is 23.2. The van der Waals surface area contributed by atoms with Crippen LogP contribution >= 0.6 is 0 Å². The van der Waals surface area contributed by atoms with Crippen molar-refractivity contribution in [3.05, 3.63) is 28.2 Å². The van der Waals surface area contributed by atoms with Crippen molar-refractivity contribution in [3.8, 4) is 0 Å². The molecule has 6 nitrogen and oxygen atoms in total. The van der Waals surface area contributed by atoms with Gasteiger partial charge in [-0.25, -0.2) is 4.79 Å². The van der Waals surface area contributed by atoms with Crippen molar-refractivity contribution in [2.45, 2.75) is 32.7 Å². The predicted octanol–water partition coefficient (Wildman–Crippen LogP) is 0.976. The molecule has 0 fully saturated rings. The van der Waals surface area contributed by atoms with Crippen molar-refractivity contribution in [2.75, 3.05) is 11.9 Å². The van der Waals surface area contributed by atoms with Crippen molar-refractivity contribution in [2.24, 2.45) is 7.05 Å². The molecule has 1 aromatic rings. The highest BCUT2D eigenvalue weighted by Crippen LogP contribution is 2.10. The Balaban J connectivity index is 2.71. The zero-order valence-electron chi connectivity index (χ0n) is 11.6. The minimum atomic E-state index is -0.331. The SMILES string of the molecule is CC[C@@H](CCO)NC(=O)Nc1cn(C)c(=O)cc1C. The fourth-order valence-corrected chi connectivity index (χ4v) is 1.73. The first-order chi connectivity index (χ1) is 8.97. The number of carbonyl (C=O) groups is 1. The Morgan fingerprint density at radius 2 is 2.21 bits per heavy atom. The van der Waals surface area contributed by atoms with Gasteiger partial charge in [0, 0.05) is 32.0 Å². The van der Waals surface area contributed by atoms with E-state index in [1.165, 1.54) is 10.6 Å². The van der Waals surface area contributed by atoms with E-state index in [1.807, 2.05) is 6.92 Å². The van der Waals surface area contributed by atoms with Crippen LogP contribution in [0.15, 0.2) is 17.1 Å². The van der Waals surface area contributed by atoms with E-state index in [9.17, 15) is 9.59 Å². The molecule has 1 heterocycles. The number of amides is 2. The molecule has 0 saturated heterocycles. The summed E-state index contributed by atoms with van der Waals surface area (Å²) < 4.78 is 1.41. The smallest absolute Gasteiger partial charge is 0.319 e. The third-order valence-electron chi connectivity index (χ3n) is 2.99. The van der Waals surface area contributed by atoms with E-state index in [0.29, 0.717) is 17.7 Å². The maximum Gasteiger partial charge on any atom is 0.319 e. The number of aromatic nitrogens is 1. The molecule has 3 N–H and O–H groups in total. The highest BCUT2D eigenvalue weighted by Gasteiger charge is 2.11. The van der Waals surface area contributed by atoms with Crippen molar-refractivity contribution >= 4 is 11.7 Å². The number of carbonyl (C=O) groups excluding carboxylic acids is 1. The standard InChI is InChI=1S/C13H21N3O3/c1-4-10(5-6-17)14-13(19)15-11-8-16(3)12(18)7-9(11)2/h7-8,10,17H,4-6H2,1-3H3,(H2,14,15,19)/t10-/m0/s1. The van der Waals surface area contributed by atoms with Gasteiger partial charge in [0.25, 0.3) is 5.56 Å². The molecule has 0 radical (unpaired) electrons. The summed E-state index contributed by atoms with van der Waals surface area (Å²) in [6.07, 6.45) is 2.86. The third kappa shape index (κ3) is 4.40. The van der Waals surface area contributed by atoms with Gasteiger partial charge in [-0.15, -0.1) is 0 Å². The Kier molecular flexibility index (Phi) is 5.57. The van der Waals surface area contributed by atoms with Crippen LogP contribution in [-0.4, -0.2) is 28.4 Å². The predicted molar refractivity (Wildman–Crippen MR) is 74.4 cm³/mol. The second-order valence-corrected chi connectivity index (χ2v) is 4.54. The molecule has 6 heteroatoms. The van der Waals surface area contributed by atoms with Crippen LogP contribution < -0.4 is 16.2 Å². The lowest BCUT2D eigenvalue weighted by Crippen LogP contribution is -2.38. The Hall–Kier alpha value is -1.82. The fraction of sp³-hybridized carbons (Fsp3) is 0.538. The van der Waals surface area contributed by atoms with Crippen LogP contribution in [0.5, 0.6) is 0 Å². The van der Waals surface area contributed by atoms with E-state index in [1.54, 1.807) is 20.2 Å². The summed E-state index contributed by atoms with van der Waals surface area (Å²) >= 11 is 0. The van der Waals surface area contributed by atoms with Gasteiger partial charge in [-0.2, -0.15) is 0 Å². The van der Waals surface area contributed by atoms with Crippen molar-refractivity contribution < 1.29 is 9.90 Å². The molecule has 1 aromatic heterocycles. The first-order valence-corrected chi connectivity index (χ1v) is 6.33. The minimum Gasteiger partial charge on any atom is -0.396 e. The summed E-state index contributed by atoms with van der Waals surface area (Å²) in [5, 5.41) is 14.4. The number of nitrogens with zero attached hydrogens (tertiary/aromatic N) is 1. The van der Waals surface area contributed by atoms with E-state index in [0.717, 1.165) is 6.42 Å². The lowest BCUT2D eigenvalue weighted by Gasteiger charge is -2.17. The Bertz CT molecular complexity index is 496. The molecule has 106 valence electrons. The van der Waals surface area contributed by atoms with Gasteiger partial charge < -0.3 is 20.3 Å². The van der Waals surface area contributed by atoms with Crippen molar-refractivity contribution in [1.29, 1.82) is 0 Å². The summed E-state index contributed by atoms with van der Waals surface area (Å²) in [5.74, 6) is 0. The number of hydrogen-bond donors (Lipinski definition) is 3. The molecule has 0 bridgehead atoms. The van der Waals surface area contributed by atoms with Gasteiger partial charge in [0.2, 0.25) is 0 Å². The second-order valence-electron chi connectivity index (χ2n) is 4.54. The van der Waals surface area contributed by atoms with Crippen LogP contribution in [-0.2, 0) is 7.05 Å². The molecule has 0 aliphatic rings. The Morgan fingerprint density at radius 1 is 1.53 bits per heavy atom. The number of aryl methyl sites for hydroxylation is 2. The fourth-order valence-electron chi connectivity index (χ4n) is 1.73. The summed E-state index contributed by atoms with van der Waals surface area (Å²) in [7, 11) is 1.63. The van der Waals surface area contributed by atoms with Crippen LogP contribution in [0.2, 0.25) is 0 Å². The molecule has 1 atom stereocenters. The summed E-state index contributed by atoms with van der Waals surface area (Å²) in [5.41, 5.74) is 1.20. The van der Waals surface area contributed by atoms with Crippen LogP contribution in [0.4, 0.5) is 10.5 Å². The molecule has 0 unspecified atom stereocenters. The summed E-state index contributed by atoms with van der Waals surface area (Å²) in [6.45, 7) is 3.75. The molecule has 0 aromatic carbocycles. The van der Waals surface area contributed by atoms with Gasteiger partial charge in [-0.05, 0) is 25.3 Å².